The molecule has 0 saturated heterocycles. The number of fused-ring (bicyclic) bond motifs is 1. The highest BCUT2D eigenvalue weighted by Crippen LogP contribution is 2.41. The quantitative estimate of drug-likeness (QED) is 0.410. The van der Waals surface area contributed by atoms with E-state index in [4.69, 9.17) is 32.7 Å². The lowest BCUT2D eigenvalue weighted by Crippen LogP contribution is -2.28. The molecule has 0 radical (unpaired) electrons. The summed E-state index contributed by atoms with van der Waals surface area (Å²) >= 11 is 12.4. The van der Waals surface area contributed by atoms with Crippen LogP contribution in [0.4, 0.5) is 0 Å². The SMILES string of the molecule is O=C(NCC(O)c1ccccc1Cl)c1ccc(Oc2cc3c(cc2Cl)C(C(=O)O)CCO3)cc1. The van der Waals surface area contributed by atoms with E-state index in [0.717, 1.165) is 0 Å². The molecular formula is C25H21Cl2NO6. The van der Waals surface area contributed by atoms with Crippen LogP contribution in [0.1, 0.15) is 39.9 Å². The van der Waals surface area contributed by atoms with Gasteiger partial charge in [-0.15, -0.1) is 0 Å². The average Bonchev–Trinajstić information content (AvgIpc) is 2.83. The normalized spacial score (nSPS) is 15.6. The zero-order valence-electron chi connectivity index (χ0n) is 17.8. The number of carbonyl (C=O) groups excluding carboxylic acids is 1. The summed E-state index contributed by atoms with van der Waals surface area (Å²) in [5.41, 5.74) is 1.43. The van der Waals surface area contributed by atoms with E-state index in [0.29, 0.717) is 52.0 Å². The van der Waals surface area contributed by atoms with E-state index < -0.39 is 18.0 Å². The van der Waals surface area contributed by atoms with Gasteiger partial charge in [-0.2, -0.15) is 0 Å². The first-order valence-corrected chi connectivity index (χ1v) is 11.3. The van der Waals surface area contributed by atoms with Gasteiger partial charge in [-0.25, -0.2) is 0 Å². The molecule has 7 nitrogen and oxygen atoms in total. The molecule has 34 heavy (non-hydrogen) atoms. The van der Waals surface area contributed by atoms with Crippen molar-refractivity contribution in [1.29, 1.82) is 0 Å². The smallest absolute Gasteiger partial charge is 0.311 e. The van der Waals surface area contributed by atoms with Crippen molar-refractivity contribution in [2.45, 2.75) is 18.4 Å². The maximum atomic E-state index is 12.5. The van der Waals surface area contributed by atoms with E-state index in [-0.39, 0.29) is 17.5 Å². The van der Waals surface area contributed by atoms with Gasteiger partial charge in [0.2, 0.25) is 0 Å². The highest BCUT2D eigenvalue weighted by Gasteiger charge is 2.29. The summed E-state index contributed by atoms with van der Waals surface area (Å²) < 4.78 is 11.4. The van der Waals surface area contributed by atoms with Gasteiger partial charge in [-0.3, -0.25) is 9.59 Å². The van der Waals surface area contributed by atoms with Gasteiger partial charge in [0.1, 0.15) is 17.2 Å². The van der Waals surface area contributed by atoms with Crippen molar-refractivity contribution < 1.29 is 29.3 Å². The molecule has 176 valence electrons. The Kier molecular flexibility index (Phi) is 7.26. The summed E-state index contributed by atoms with van der Waals surface area (Å²) in [6.07, 6.45) is -0.563. The summed E-state index contributed by atoms with van der Waals surface area (Å²) in [6.45, 7) is 0.295. The number of aliphatic hydroxyl groups excluding tert-OH is 1. The highest BCUT2D eigenvalue weighted by atomic mass is 35.5. The lowest BCUT2D eigenvalue weighted by molar-refractivity contribution is -0.139. The van der Waals surface area contributed by atoms with Crippen LogP contribution >= 0.6 is 23.2 Å². The number of carboxylic acids is 1. The fourth-order valence-corrected chi connectivity index (χ4v) is 4.14. The van der Waals surface area contributed by atoms with Crippen LogP contribution < -0.4 is 14.8 Å². The number of ether oxygens (including phenoxy) is 2. The van der Waals surface area contributed by atoms with Crippen molar-refractivity contribution in [3.63, 3.8) is 0 Å². The van der Waals surface area contributed by atoms with Gasteiger partial charge >= 0.3 is 5.97 Å². The van der Waals surface area contributed by atoms with Crippen LogP contribution in [-0.2, 0) is 4.79 Å². The molecule has 0 aromatic heterocycles. The number of hydrogen-bond donors (Lipinski definition) is 3. The summed E-state index contributed by atoms with van der Waals surface area (Å²) in [6, 6.07) is 16.4. The Morgan fingerprint density at radius 1 is 1.09 bits per heavy atom. The van der Waals surface area contributed by atoms with E-state index in [1.54, 1.807) is 60.7 Å². The van der Waals surface area contributed by atoms with Crippen molar-refractivity contribution in [1.82, 2.24) is 5.32 Å². The minimum atomic E-state index is -0.936. The molecule has 0 bridgehead atoms. The van der Waals surface area contributed by atoms with Crippen LogP contribution in [0.25, 0.3) is 0 Å². The van der Waals surface area contributed by atoms with Crippen LogP contribution in [0, 0.1) is 0 Å². The van der Waals surface area contributed by atoms with Crippen molar-refractivity contribution in [2.75, 3.05) is 13.2 Å². The summed E-state index contributed by atoms with van der Waals surface area (Å²) in [7, 11) is 0. The predicted molar refractivity (Wildman–Crippen MR) is 127 cm³/mol. The molecule has 3 aromatic carbocycles. The number of carbonyl (C=O) groups is 2. The van der Waals surface area contributed by atoms with Gasteiger partial charge in [-0.05, 0) is 42.8 Å². The molecule has 9 heteroatoms. The van der Waals surface area contributed by atoms with Crippen molar-refractivity contribution >= 4 is 35.1 Å². The van der Waals surface area contributed by atoms with Gasteiger partial charge in [0.25, 0.3) is 5.91 Å². The Bertz CT molecular complexity index is 1210. The molecule has 3 aromatic rings. The molecule has 4 rings (SSSR count). The number of aliphatic hydroxyl groups is 1. The second-order valence-electron chi connectivity index (χ2n) is 7.72. The van der Waals surface area contributed by atoms with Gasteiger partial charge in [0.05, 0.1) is 23.7 Å². The Hall–Kier alpha value is -3.26. The molecule has 1 aliphatic rings. The molecule has 1 heterocycles. The van der Waals surface area contributed by atoms with Crippen molar-refractivity contribution in [3.05, 3.63) is 87.4 Å². The van der Waals surface area contributed by atoms with Crippen LogP contribution in [-0.4, -0.2) is 35.2 Å². The molecule has 1 amide bonds. The van der Waals surface area contributed by atoms with Gasteiger partial charge in [-0.1, -0.05) is 41.4 Å². The molecule has 2 unspecified atom stereocenters. The van der Waals surface area contributed by atoms with Crippen LogP contribution in [0.5, 0.6) is 17.2 Å². The zero-order chi connectivity index (χ0) is 24.2. The summed E-state index contributed by atoms with van der Waals surface area (Å²) in [5, 5.41) is 23.1. The molecule has 0 fully saturated rings. The number of hydrogen-bond acceptors (Lipinski definition) is 5. The number of carboxylic acid groups (broad SMARTS) is 1. The first kappa shape index (κ1) is 23.9. The Balaban J connectivity index is 1.41. The number of amides is 1. The topological polar surface area (TPSA) is 105 Å². The van der Waals surface area contributed by atoms with Crippen molar-refractivity contribution in [2.24, 2.45) is 0 Å². The number of halogens is 2. The first-order chi connectivity index (χ1) is 16.3. The van der Waals surface area contributed by atoms with E-state index in [2.05, 4.69) is 5.32 Å². The lowest BCUT2D eigenvalue weighted by Gasteiger charge is -2.24. The van der Waals surface area contributed by atoms with E-state index >= 15 is 0 Å². The lowest BCUT2D eigenvalue weighted by atomic mass is 9.93. The average molecular weight is 502 g/mol. The first-order valence-electron chi connectivity index (χ1n) is 10.5. The van der Waals surface area contributed by atoms with Gasteiger partial charge in [0, 0.05) is 34.3 Å². The number of nitrogens with one attached hydrogen (secondary N) is 1. The zero-order valence-corrected chi connectivity index (χ0v) is 19.3. The third kappa shape index (κ3) is 5.28. The molecule has 2 atom stereocenters. The second-order valence-corrected chi connectivity index (χ2v) is 8.54. The molecule has 0 spiro atoms. The Labute approximate surface area is 205 Å². The third-order valence-electron chi connectivity index (χ3n) is 5.47. The standard InChI is InChI=1S/C25H21Cl2NO6/c26-19-4-2-1-3-17(19)21(29)13-28-24(30)14-5-7-15(8-6-14)34-23-12-22-18(11-20(23)27)16(25(31)32)9-10-33-22/h1-8,11-12,16,21,29H,9-10,13H2,(H,28,30)(H,31,32). The van der Waals surface area contributed by atoms with Crippen LogP contribution in [0.15, 0.2) is 60.7 Å². The second kappa shape index (κ2) is 10.3. The van der Waals surface area contributed by atoms with Crippen LogP contribution in [0.3, 0.4) is 0 Å². The molecule has 0 aliphatic carbocycles. The summed E-state index contributed by atoms with van der Waals surface area (Å²) in [5.74, 6) is -0.803. The molecule has 0 saturated carbocycles. The van der Waals surface area contributed by atoms with Gasteiger partial charge in [0.15, 0.2) is 0 Å². The Morgan fingerprint density at radius 3 is 2.53 bits per heavy atom. The minimum absolute atomic E-state index is 0.00287. The third-order valence-corrected chi connectivity index (χ3v) is 6.11. The van der Waals surface area contributed by atoms with Crippen molar-refractivity contribution in [3.8, 4) is 17.2 Å². The number of aliphatic carboxylic acids is 1. The molecule has 3 N–H and O–H groups in total. The highest BCUT2D eigenvalue weighted by molar-refractivity contribution is 6.32. The fraction of sp³-hybridized carbons (Fsp3) is 0.200. The van der Waals surface area contributed by atoms with Crippen LogP contribution in [0.2, 0.25) is 10.0 Å². The minimum Gasteiger partial charge on any atom is -0.493 e. The summed E-state index contributed by atoms with van der Waals surface area (Å²) in [4.78, 5) is 23.9. The van der Waals surface area contributed by atoms with E-state index in [9.17, 15) is 19.8 Å². The fourth-order valence-electron chi connectivity index (χ4n) is 3.67. The largest absolute Gasteiger partial charge is 0.493 e. The molecule has 1 aliphatic heterocycles. The van der Waals surface area contributed by atoms with Gasteiger partial charge < -0.3 is 25.0 Å². The Morgan fingerprint density at radius 2 is 1.82 bits per heavy atom. The monoisotopic (exact) mass is 501 g/mol. The molecular weight excluding hydrogens is 481 g/mol. The maximum Gasteiger partial charge on any atom is 0.311 e. The van der Waals surface area contributed by atoms with E-state index in [1.165, 1.54) is 0 Å². The number of rotatable bonds is 7. The maximum absolute atomic E-state index is 12.5. The predicted octanol–water partition coefficient (Wildman–Crippen LogP) is 5.20. The number of benzene rings is 3. The van der Waals surface area contributed by atoms with E-state index in [1.807, 2.05) is 0 Å².